The summed E-state index contributed by atoms with van der Waals surface area (Å²) in [6.45, 7) is 4.31. The molecule has 0 aromatic rings. The van der Waals surface area contributed by atoms with E-state index in [0.29, 0.717) is 11.8 Å². The standard InChI is InChI=1S/C20H34O4/c1-3-15-9-5-7-11-17(15)23-19(21)13-14-20(22)24-18-12-8-6-10-16(18)4-2/h15-18H,3-14H2,1-2H3. The molecule has 4 heteroatoms. The molecule has 2 rings (SSSR count). The van der Waals surface area contributed by atoms with Gasteiger partial charge in [0.25, 0.3) is 0 Å². The molecule has 0 radical (unpaired) electrons. The van der Waals surface area contributed by atoms with Gasteiger partial charge in [-0.25, -0.2) is 0 Å². The van der Waals surface area contributed by atoms with E-state index < -0.39 is 0 Å². The maximum Gasteiger partial charge on any atom is 0.306 e. The number of esters is 2. The fraction of sp³-hybridized carbons (Fsp3) is 0.900. The normalized spacial score (nSPS) is 30.6. The summed E-state index contributed by atoms with van der Waals surface area (Å²) in [6.07, 6.45) is 11.5. The number of carbonyl (C=O) groups is 2. The van der Waals surface area contributed by atoms with Gasteiger partial charge in [0.05, 0.1) is 12.8 Å². The fourth-order valence-electron chi connectivity index (χ4n) is 4.25. The molecule has 0 aromatic carbocycles. The minimum atomic E-state index is -0.243. The van der Waals surface area contributed by atoms with Crippen molar-refractivity contribution in [3.63, 3.8) is 0 Å². The average Bonchev–Trinajstić information content (AvgIpc) is 2.61. The predicted octanol–water partition coefficient (Wildman–Crippen LogP) is 4.79. The van der Waals surface area contributed by atoms with Gasteiger partial charge in [-0.15, -0.1) is 0 Å². The number of hydrogen-bond acceptors (Lipinski definition) is 4. The minimum Gasteiger partial charge on any atom is -0.462 e. The van der Waals surface area contributed by atoms with Crippen molar-refractivity contribution in [3.8, 4) is 0 Å². The average molecular weight is 338 g/mol. The smallest absolute Gasteiger partial charge is 0.306 e. The fourth-order valence-corrected chi connectivity index (χ4v) is 4.25. The van der Waals surface area contributed by atoms with E-state index in [2.05, 4.69) is 13.8 Å². The van der Waals surface area contributed by atoms with Crippen molar-refractivity contribution < 1.29 is 19.1 Å². The Morgan fingerprint density at radius 2 is 1.08 bits per heavy atom. The highest BCUT2D eigenvalue weighted by Crippen LogP contribution is 2.30. The molecule has 0 saturated heterocycles. The summed E-state index contributed by atoms with van der Waals surface area (Å²) in [5.41, 5.74) is 0. The lowest BCUT2D eigenvalue weighted by molar-refractivity contribution is -0.160. The van der Waals surface area contributed by atoms with E-state index in [1.54, 1.807) is 0 Å². The van der Waals surface area contributed by atoms with Gasteiger partial charge < -0.3 is 9.47 Å². The van der Waals surface area contributed by atoms with E-state index in [1.165, 1.54) is 12.8 Å². The van der Waals surface area contributed by atoms with E-state index in [0.717, 1.165) is 51.4 Å². The first-order valence-electron chi connectivity index (χ1n) is 10.0. The van der Waals surface area contributed by atoms with Crippen LogP contribution >= 0.6 is 0 Å². The maximum absolute atomic E-state index is 12.1. The Balaban J connectivity index is 1.69. The molecule has 2 fully saturated rings. The molecule has 4 nitrogen and oxygen atoms in total. The largest absolute Gasteiger partial charge is 0.462 e. The SMILES string of the molecule is CCC1CCCCC1OC(=O)CCC(=O)OC1CCCCC1CC. The molecule has 138 valence electrons. The van der Waals surface area contributed by atoms with Crippen LogP contribution in [0.4, 0.5) is 0 Å². The van der Waals surface area contributed by atoms with Crippen molar-refractivity contribution >= 4 is 11.9 Å². The number of rotatable bonds is 7. The van der Waals surface area contributed by atoms with E-state index in [-0.39, 0.29) is 37.0 Å². The zero-order valence-corrected chi connectivity index (χ0v) is 15.4. The zero-order valence-electron chi connectivity index (χ0n) is 15.4. The quantitative estimate of drug-likeness (QED) is 0.626. The second-order valence-corrected chi connectivity index (χ2v) is 7.46. The second kappa shape index (κ2) is 10.0. The van der Waals surface area contributed by atoms with Crippen molar-refractivity contribution in [1.29, 1.82) is 0 Å². The van der Waals surface area contributed by atoms with Gasteiger partial charge in [0.1, 0.15) is 12.2 Å². The summed E-state index contributed by atoms with van der Waals surface area (Å²) in [7, 11) is 0. The summed E-state index contributed by atoms with van der Waals surface area (Å²) in [4.78, 5) is 24.1. The lowest BCUT2D eigenvalue weighted by Crippen LogP contribution is -2.31. The Bertz CT molecular complexity index is 368. The van der Waals surface area contributed by atoms with Crippen molar-refractivity contribution in [2.75, 3.05) is 0 Å². The molecular weight excluding hydrogens is 304 g/mol. The van der Waals surface area contributed by atoms with Crippen molar-refractivity contribution in [2.45, 2.75) is 103 Å². The third kappa shape index (κ3) is 5.78. The third-order valence-electron chi connectivity index (χ3n) is 5.83. The highest BCUT2D eigenvalue weighted by atomic mass is 16.6. The van der Waals surface area contributed by atoms with Crippen LogP contribution in [0.5, 0.6) is 0 Å². The van der Waals surface area contributed by atoms with Gasteiger partial charge in [0.15, 0.2) is 0 Å². The minimum absolute atomic E-state index is 0.0510. The first-order chi connectivity index (χ1) is 11.6. The molecule has 2 saturated carbocycles. The third-order valence-corrected chi connectivity index (χ3v) is 5.83. The van der Waals surface area contributed by atoms with Crippen LogP contribution in [0.15, 0.2) is 0 Å². The van der Waals surface area contributed by atoms with Gasteiger partial charge in [-0.1, -0.05) is 26.7 Å². The highest BCUT2D eigenvalue weighted by Gasteiger charge is 2.29. The molecule has 2 aliphatic carbocycles. The topological polar surface area (TPSA) is 52.6 Å². The Hall–Kier alpha value is -1.06. The van der Waals surface area contributed by atoms with Crippen LogP contribution in [-0.4, -0.2) is 24.1 Å². The zero-order chi connectivity index (χ0) is 17.4. The molecule has 0 aliphatic heterocycles. The van der Waals surface area contributed by atoms with Gasteiger partial charge >= 0.3 is 11.9 Å². The lowest BCUT2D eigenvalue weighted by Gasteiger charge is -2.31. The monoisotopic (exact) mass is 338 g/mol. The number of hydrogen-bond donors (Lipinski definition) is 0. The van der Waals surface area contributed by atoms with Crippen LogP contribution in [0.1, 0.15) is 90.9 Å². The maximum atomic E-state index is 12.1. The van der Waals surface area contributed by atoms with Crippen LogP contribution in [-0.2, 0) is 19.1 Å². The van der Waals surface area contributed by atoms with Gasteiger partial charge in [-0.3, -0.25) is 9.59 Å². The Labute approximate surface area is 146 Å². The molecule has 2 aliphatic rings. The first kappa shape index (κ1) is 19.3. The van der Waals surface area contributed by atoms with E-state index in [9.17, 15) is 9.59 Å². The number of ether oxygens (including phenoxy) is 2. The molecule has 0 spiro atoms. The molecule has 4 unspecified atom stereocenters. The first-order valence-corrected chi connectivity index (χ1v) is 10.0. The van der Waals surface area contributed by atoms with Crippen molar-refractivity contribution in [3.05, 3.63) is 0 Å². The molecule has 0 N–H and O–H groups in total. The summed E-state index contributed by atoms with van der Waals surface area (Å²) in [5, 5.41) is 0. The predicted molar refractivity (Wildman–Crippen MR) is 93.5 cm³/mol. The van der Waals surface area contributed by atoms with Gasteiger partial charge in [-0.05, 0) is 63.2 Å². The van der Waals surface area contributed by atoms with Gasteiger partial charge in [0.2, 0.25) is 0 Å². The summed E-state index contributed by atoms with van der Waals surface area (Å²) >= 11 is 0. The molecule has 0 bridgehead atoms. The Morgan fingerprint density at radius 3 is 1.46 bits per heavy atom. The Morgan fingerprint density at radius 1 is 0.708 bits per heavy atom. The van der Waals surface area contributed by atoms with Crippen LogP contribution in [0.2, 0.25) is 0 Å². The molecule has 0 heterocycles. The Kier molecular flexibility index (Phi) is 8.07. The van der Waals surface area contributed by atoms with Gasteiger partial charge in [0, 0.05) is 0 Å². The summed E-state index contributed by atoms with van der Waals surface area (Å²) < 4.78 is 11.3. The molecule has 0 amide bonds. The number of carbonyl (C=O) groups excluding carboxylic acids is 2. The summed E-state index contributed by atoms with van der Waals surface area (Å²) in [5.74, 6) is 0.491. The highest BCUT2D eigenvalue weighted by molar-refractivity contribution is 5.77. The molecular formula is C20H34O4. The van der Waals surface area contributed by atoms with Crippen LogP contribution in [0.25, 0.3) is 0 Å². The van der Waals surface area contributed by atoms with Crippen LogP contribution in [0.3, 0.4) is 0 Å². The lowest BCUT2D eigenvalue weighted by atomic mass is 9.84. The van der Waals surface area contributed by atoms with E-state index in [4.69, 9.17) is 9.47 Å². The summed E-state index contributed by atoms with van der Waals surface area (Å²) in [6, 6.07) is 0. The van der Waals surface area contributed by atoms with Crippen molar-refractivity contribution in [2.24, 2.45) is 11.8 Å². The molecule has 24 heavy (non-hydrogen) atoms. The molecule has 4 atom stereocenters. The van der Waals surface area contributed by atoms with Crippen LogP contribution < -0.4 is 0 Å². The van der Waals surface area contributed by atoms with E-state index >= 15 is 0 Å². The van der Waals surface area contributed by atoms with Crippen molar-refractivity contribution in [1.82, 2.24) is 0 Å². The van der Waals surface area contributed by atoms with E-state index in [1.807, 2.05) is 0 Å². The molecule has 0 aromatic heterocycles. The second-order valence-electron chi connectivity index (χ2n) is 7.46. The van der Waals surface area contributed by atoms with Gasteiger partial charge in [-0.2, -0.15) is 0 Å². The van der Waals surface area contributed by atoms with Crippen LogP contribution in [0, 0.1) is 11.8 Å².